The molecule has 0 fully saturated rings. The first-order chi connectivity index (χ1) is 6.46. The highest BCUT2D eigenvalue weighted by Crippen LogP contribution is 2.15. The summed E-state index contributed by atoms with van der Waals surface area (Å²) in [5.74, 6) is -0.0180. The molecule has 76 valence electrons. The Kier molecular flexibility index (Phi) is 2.96. The van der Waals surface area contributed by atoms with Gasteiger partial charge in [0, 0.05) is 12.4 Å². The molecule has 0 aliphatic carbocycles. The minimum Gasteiger partial charge on any atom is -0.297 e. The highest BCUT2D eigenvalue weighted by Gasteiger charge is 2.31. The zero-order valence-electron chi connectivity index (χ0n) is 8.98. The summed E-state index contributed by atoms with van der Waals surface area (Å²) < 4.78 is 0. The summed E-state index contributed by atoms with van der Waals surface area (Å²) in [6, 6.07) is 0. The molecular weight excluding hydrogens is 178 g/mol. The number of hydrogen-bond donors (Lipinski definition) is 0. The van der Waals surface area contributed by atoms with Crippen LogP contribution >= 0.6 is 0 Å². The lowest BCUT2D eigenvalue weighted by Gasteiger charge is -2.30. The average Bonchev–Trinajstić information content (AvgIpc) is 2.17. The van der Waals surface area contributed by atoms with Crippen LogP contribution in [0.1, 0.15) is 24.3 Å². The van der Waals surface area contributed by atoms with Gasteiger partial charge < -0.3 is 0 Å². The Hall–Kier alpha value is -1.29. The van der Waals surface area contributed by atoms with E-state index >= 15 is 0 Å². The maximum atomic E-state index is 12.0. The van der Waals surface area contributed by atoms with Gasteiger partial charge in [-0.05, 0) is 27.9 Å². The van der Waals surface area contributed by atoms with E-state index in [1.165, 1.54) is 12.4 Å². The lowest BCUT2D eigenvalue weighted by molar-refractivity contribution is 0.0749. The van der Waals surface area contributed by atoms with Gasteiger partial charge in [-0.15, -0.1) is 0 Å². The van der Waals surface area contributed by atoms with E-state index in [2.05, 4.69) is 9.97 Å². The summed E-state index contributed by atoms with van der Waals surface area (Å²) in [6.45, 7) is 3.73. The molecule has 0 saturated carbocycles. The van der Waals surface area contributed by atoms with Crippen molar-refractivity contribution in [1.82, 2.24) is 14.9 Å². The molecular formula is C10H15N3O. The molecule has 1 heterocycles. The molecule has 0 aromatic carbocycles. The van der Waals surface area contributed by atoms with Gasteiger partial charge in [0.25, 0.3) is 0 Å². The normalized spacial score (nSPS) is 11.8. The van der Waals surface area contributed by atoms with Crippen LogP contribution in [0.4, 0.5) is 0 Å². The van der Waals surface area contributed by atoms with Crippen LogP contribution in [0, 0.1) is 0 Å². The Morgan fingerprint density at radius 3 is 2.43 bits per heavy atom. The molecule has 0 atom stereocenters. The number of hydrogen-bond acceptors (Lipinski definition) is 4. The van der Waals surface area contributed by atoms with Crippen LogP contribution in [0.15, 0.2) is 18.6 Å². The van der Waals surface area contributed by atoms with Crippen LogP contribution < -0.4 is 0 Å². The summed E-state index contributed by atoms with van der Waals surface area (Å²) >= 11 is 0. The number of likely N-dealkylation sites (N-methyl/N-ethyl adjacent to an activating group) is 1. The monoisotopic (exact) mass is 193 g/mol. The van der Waals surface area contributed by atoms with Gasteiger partial charge in [-0.2, -0.15) is 0 Å². The second-order valence-electron chi connectivity index (χ2n) is 3.87. The van der Waals surface area contributed by atoms with Crippen molar-refractivity contribution in [3.05, 3.63) is 24.3 Å². The van der Waals surface area contributed by atoms with Crippen LogP contribution in [-0.4, -0.2) is 40.3 Å². The fraction of sp³-hybridized carbons (Fsp3) is 0.500. The third-order valence-corrected chi connectivity index (χ3v) is 2.47. The van der Waals surface area contributed by atoms with Crippen LogP contribution in [0.3, 0.4) is 0 Å². The molecule has 0 N–H and O–H groups in total. The van der Waals surface area contributed by atoms with Gasteiger partial charge in [0.05, 0.1) is 11.7 Å². The summed E-state index contributed by atoms with van der Waals surface area (Å²) in [5, 5.41) is 0. The van der Waals surface area contributed by atoms with Gasteiger partial charge in [-0.3, -0.25) is 14.7 Å². The lowest BCUT2D eigenvalue weighted by Crippen LogP contribution is -2.46. The highest BCUT2D eigenvalue weighted by molar-refractivity contribution is 6.00. The van der Waals surface area contributed by atoms with E-state index in [4.69, 9.17) is 0 Å². The summed E-state index contributed by atoms with van der Waals surface area (Å²) in [6.07, 6.45) is 4.58. The molecule has 0 saturated heterocycles. The van der Waals surface area contributed by atoms with Gasteiger partial charge >= 0.3 is 0 Å². The Morgan fingerprint density at radius 2 is 2.00 bits per heavy atom. The Balaban J connectivity index is 2.97. The van der Waals surface area contributed by atoms with Crippen LogP contribution in [0.5, 0.6) is 0 Å². The Labute approximate surface area is 84.0 Å². The van der Waals surface area contributed by atoms with E-state index in [0.717, 1.165) is 0 Å². The molecule has 1 aromatic heterocycles. The third-order valence-electron chi connectivity index (χ3n) is 2.47. The maximum absolute atomic E-state index is 12.0. The van der Waals surface area contributed by atoms with Crippen molar-refractivity contribution < 1.29 is 4.79 Å². The van der Waals surface area contributed by atoms with Crippen molar-refractivity contribution in [2.45, 2.75) is 19.4 Å². The Bertz CT molecular complexity index is 319. The van der Waals surface area contributed by atoms with E-state index in [1.807, 2.05) is 32.8 Å². The standard InChI is InChI=1S/C10H15N3O/c1-10(2,13(3)4)9(14)8-7-11-5-6-12-8/h5-7H,1-4H3. The highest BCUT2D eigenvalue weighted by atomic mass is 16.1. The molecule has 1 aromatic rings. The second kappa shape index (κ2) is 3.84. The van der Waals surface area contributed by atoms with E-state index in [0.29, 0.717) is 5.69 Å². The van der Waals surface area contributed by atoms with Gasteiger partial charge in [0.2, 0.25) is 5.78 Å². The predicted octanol–water partition coefficient (Wildman–Crippen LogP) is 0.999. The van der Waals surface area contributed by atoms with Crippen LogP contribution in [0.25, 0.3) is 0 Å². The van der Waals surface area contributed by atoms with E-state index in [9.17, 15) is 4.79 Å². The topological polar surface area (TPSA) is 46.1 Å². The molecule has 4 heteroatoms. The minimum atomic E-state index is -0.546. The molecule has 1 rings (SSSR count). The van der Waals surface area contributed by atoms with Crippen molar-refractivity contribution >= 4 is 5.78 Å². The first-order valence-corrected chi connectivity index (χ1v) is 4.44. The lowest BCUT2D eigenvalue weighted by atomic mass is 9.95. The number of rotatable bonds is 3. The molecule has 0 aliphatic rings. The summed E-state index contributed by atoms with van der Waals surface area (Å²) in [4.78, 5) is 21.7. The first kappa shape index (κ1) is 10.8. The van der Waals surface area contributed by atoms with E-state index in [-0.39, 0.29) is 5.78 Å². The van der Waals surface area contributed by atoms with Crippen molar-refractivity contribution in [3.63, 3.8) is 0 Å². The van der Waals surface area contributed by atoms with Gasteiger partial charge in [0.15, 0.2) is 0 Å². The van der Waals surface area contributed by atoms with Gasteiger partial charge in [-0.1, -0.05) is 0 Å². The summed E-state index contributed by atoms with van der Waals surface area (Å²) in [5.41, 5.74) is -0.137. The van der Waals surface area contributed by atoms with E-state index in [1.54, 1.807) is 6.20 Å². The number of nitrogens with zero attached hydrogens (tertiary/aromatic N) is 3. The van der Waals surface area contributed by atoms with Crippen molar-refractivity contribution in [3.8, 4) is 0 Å². The molecule has 4 nitrogen and oxygen atoms in total. The number of carbonyl (C=O) groups excluding carboxylic acids is 1. The largest absolute Gasteiger partial charge is 0.297 e. The van der Waals surface area contributed by atoms with Crippen LogP contribution in [0.2, 0.25) is 0 Å². The van der Waals surface area contributed by atoms with Gasteiger partial charge in [0.1, 0.15) is 5.69 Å². The zero-order chi connectivity index (χ0) is 10.8. The number of aromatic nitrogens is 2. The number of ketones is 1. The molecule has 0 bridgehead atoms. The predicted molar refractivity (Wildman–Crippen MR) is 54.1 cm³/mol. The van der Waals surface area contributed by atoms with E-state index < -0.39 is 5.54 Å². The fourth-order valence-electron chi connectivity index (χ4n) is 0.933. The fourth-order valence-corrected chi connectivity index (χ4v) is 0.933. The zero-order valence-corrected chi connectivity index (χ0v) is 8.98. The van der Waals surface area contributed by atoms with Crippen LogP contribution in [-0.2, 0) is 0 Å². The first-order valence-electron chi connectivity index (χ1n) is 4.44. The molecule has 0 unspecified atom stereocenters. The number of Topliss-reactive ketones (excluding diaryl/α,β-unsaturated/α-hetero) is 1. The Morgan fingerprint density at radius 1 is 1.36 bits per heavy atom. The molecule has 0 spiro atoms. The molecule has 14 heavy (non-hydrogen) atoms. The van der Waals surface area contributed by atoms with Gasteiger partial charge in [-0.25, -0.2) is 4.98 Å². The molecule has 0 radical (unpaired) electrons. The quantitative estimate of drug-likeness (QED) is 0.672. The van der Waals surface area contributed by atoms with Crippen molar-refractivity contribution in [1.29, 1.82) is 0 Å². The third kappa shape index (κ3) is 1.96. The van der Waals surface area contributed by atoms with Crippen molar-refractivity contribution in [2.24, 2.45) is 0 Å². The van der Waals surface area contributed by atoms with Crippen molar-refractivity contribution in [2.75, 3.05) is 14.1 Å². The second-order valence-corrected chi connectivity index (χ2v) is 3.87. The summed E-state index contributed by atoms with van der Waals surface area (Å²) in [7, 11) is 3.74. The minimum absolute atomic E-state index is 0.0180. The smallest absolute Gasteiger partial charge is 0.202 e. The average molecular weight is 193 g/mol. The molecule has 0 amide bonds. The SMILES string of the molecule is CN(C)C(C)(C)C(=O)c1cnccn1. The number of carbonyl (C=O) groups is 1. The molecule has 0 aliphatic heterocycles. The maximum Gasteiger partial charge on any atom is 0.202 e.